The van der Waals surface area contributed by atoms with Gasteiger partial charge in [0.25, 0.3) is 5.56 Å². The van der Waals surface area contributed by atoms with E-state index < -0.39 is 0 Å². The van der Waals surface area contributed by atoms with Crippen molar-refractivity contribution in [2.24, 2.45) is 5.92 Å². The highest BCUT2D eigenvalue weighted by Crippen LogP contribution is 2.23. The lowest BCUT2D eigenvalue weighted by molar-refractivity contribution is -0.139. The zero-order valence-electron chi connectivity index (χ0n) is 14.1. The lowest BCUT2D eigenvalue weighted by Gasteiger charge is -2.36. The van der Waals surface area contributed by atoms with Crippen LogP contribution in [0, 0.1) is 5.92 Å². The number of carbonyl (C=O) groups is 1. The quantitative estimate of drug-likeness (QED) is 0.806. The van der Waals surface area contributed by atoms with Crippen molar-refractivity contribution in [1.82, 2.24) is 14.3 Å². The van der Waals surface area contributed by atoms with Crippen molar-refractivity contribution in [3.05, 3.63) is 40.8 Å². The molecule has 0 spiro atoms. The number of ether oxygens (including phenoxy) is 1. The third-order valence-corrected chi connectivity index (χ3v) is 4.97. The Labute approximate surface area is 145 Å². The highest BCUT2D eigenvalue weighted by Gasteiger charge is 2.30. The maximum atomic E-state index is 12.8. The topological polar surface area (TPSA) is 67.2 Å². The number of pyridine rings is 1. The van der Waals surface area contributed by atoms with Gasteiger partial charge in [-0.1, -0.05) is 6.07 Å². The molecule has 2 aromatic heterocycles. The highest BCUT2D eigenvalue weighted by atomic mass is 16.5. The molecule has 0 aliphatic carbocycles. The van der Waals surface area contributed by atoms with E-state index in [0.717, 1.165) is 19.4 Å². The van der Waals surface area contributed by atoms with Gasteiger partial charge in [0.1, 0.15) is 11.5 Å². The van der Waals surface area contributed by atoms with Crippen LogP contribution in [0.2, 0.25) is 0 Å². The van der Waals surface area contributed by atoms with Crippen molar-refractivity contribution < 1.29 is 9.53 Å². The largest absolute Gasteiger partial charge is 0.378 e. The molecule has 7 nitrogen and oxygen atoms in total. The van der Waals surface area contributed by atoms with E-state index in [1.54, 1.807) is 12.3 Å². The van der Waals surface area contributed by atoms with Gasteiger partial charge in [0.15, 0.2) is 0 Å². The van der Waals surface area contributed by atoms with Crippen molar-refractivity contribution in [2.75, 3.05) is 44.3 Å². The number of carbonyl (C=O) groups excluding carboxylic acids is 1. The summed E-state index contributed by atoms with van der Waals surface area (Å²) in [7, 11) is 0. The molecule has 1 atom stereocenters. The number of anilines is 1. The van der Waals surface area contributed by atoms with E-state index in [-0.39, 0.29) is 17.4 Å². The second-order valence-electron chi connectivity index (χ2n) is 6.60. The van der Waals surface area contributed by atoms with Crippen LogP contribution < -0.4 is 10.5 Å². The van der Waals surface area contributed by atoms with Gasteiger partial charge in [0.2, 0.25) is 5.91 Å². The Morgan fingerprint density at radius 2 is 2.04 bits per heavy atom. The fourth-order valence-corrected chi connectivity index (χ4v) is 3.63. The average molecular weight is 342 g/mol. The molecule has 2 aliphatic rings. The minimum Gasteiger partial charge on any atom is -0.378 e. The number of hydrogen-bond donors (Lipinski definition) is 0. The van der Waals surface area contributed by atoms with Crippen molar-refractivity contribution in [3.63, 3.8) is 0 Å². The summed E-state index contributed by atoms with van der Waals surface area (Å²) in [6.45, 7) is 4.01. The van der Waals surface area contributed by atoms with Crippen molar-refractivity contribution >= 4 is 17.4 Å². The Balaban J connectivity index is 1.55. The predicted molar refractivity (Wildman–Crippen MR) is 93.8 cm³/mol. The summed E-state index contributed by atoms with van der Waals surface area (Å²) in [5.41, 5.74) is 0.536. The number of piperidine rings is 1. The molecule has 0 bridgehead atoms. The van der Waals surface area contributed by atoms with Crippen LogP contribution in [0.25, 0.3) is 5.65 Å². The van der Waals surface area contributed by atoms with Gasteiger partial charge in [0.05, 0.1) is 19.1 Å². The van der Waals surface area contributed by atoms with Crippen LogP contribution in [-0.4, -0.2) is 59.6 Å². The molecule has 0 saturated carbocycles. The number of morpholine rings is 1. The van der Waals surface area contributed by atoms with Gasteiger partial charge in [0, 0.05) is 38.4 Å². The Hall–Kier alpha value is -2.41. The van der Waals surface area contributed by atoms with Gasteiger partial charge in [-0.15, -0.1) is 0 Å². The number of nitrogens with zero attached hydrogens (tertiary/aromatic N) is 4. The van der Waals surface area contributed by atoms with Gasteiger partial charge >= 0.3 is 0 Å². The third kappa shape index (κ3) is 3.24. The van der Waals surface area contributed by atoms with E-state index in [4.69, 9.17) is 4.74 Å². The Morgan fingerprint density at radius 3 is 2.88 bits per heavy atom. The van der Waals surface area contributed by atoms with Crippen LogP contribution in [0.5, 0.6) is 0 Å². The molecular weight excluding hydrogens is 320 g/mol. The zero-order valence-corrected chi connectivity index (χ0v) is 14.1. The van der Waals surface area contributed by atoms with Crippen LogP contribution in [0.3, 0.4) is 0 Å². The summed E-state index contributed by atoms with van der Waals surface area (Å²) in [4.78, 5) is 33.7. The minimum absolute atomic E-state index is 0.0390. The molecule has 25 heavy (non-hydrogen) atoms. The molecule has 2 saturated heterocycles. The molecule has 4 heterocycles. The molecule has 7 heteroatoms. The normalized spacial score (nSPS) is 21.5. The molecule has 2 fully saturated rings. The predicted octanol–water partition coefficient (Wildman–Crippen LogP) is 0.770. The van der Waals surface area contributed by atoms with Crippen LogP contribution >= 0.6 is 0 Å². The average Bonchev–Trinajstić information content (AvgIpc) is 2.68. The number of hydrogen-bond acceptors (Lipinski definition) is 5. The first kappa shape index (κ1) is 16.1. The number of fused-ring (bicyclic) bond motifs is 1. The molecule has 0 N–H and O–H groups in total. The van der Waals surface area contributed by atoms with E-state index in [1.807, 2.05) is 23.1 Å². The summed E-state index contributed by atoms with van der Waals surface area (Å²) in [5.74, 6) is 0.823. The first-order valence-corrected chi connectivity index (χ1v) is 8.82. The zero-order chi connectivity index (χ0) is 17.2. The second-order valence-corrected chi connectivity index (χ2v) is 6.60. The SMILES string of the molecule is O=C(C1CCCN(c2cc(=O)n3ccccc3n2)C1)N1CCOCC1. The van der Waals surface area contributed by atoms with E-state index in [0.29, 0.717) is 44.3 Å². The smallest absolute Gasteiger partial charge is 0.259 e. The monoisotopic (exact) mass is 342 g/mol. The molecule has 1 unspecified atom stereocenters. The van der Waals surface area contributed by atoms with Crippen molar-refractivity contribution in [1.29, 1.82) is 0 Å². The van der Waals surface area contributed by atoms with E-state index >= 15 is 0 Å². The molecule has 2 aromatic rings. The minimum atomic E-state index is -0.0952. The molecule has 0 radical (unpaired) electrons. The van der Waals surface area contributed by atoms with Crippen LogP contribution in [0.15, 0.2) is 35.3 Å². The van der Waals surface area contributed by atoms with Crippen LogP contribution in [-0.2, 0) is 9.53 Å². The van der Waals surface area contributed by atoms with Gasteiger partial charge in [-0.3, -0.25) is 14.0 Å². The molecule has 2 aliphatic heterocycles. The molecule has 132 valence electrons. The Morgan fingerprint density at radius 1 is 1.20 bits per heavy atom. The van der Waals surface area contributed by atoms with Crippen molar-refractivity contribution in [3.8, 4) is 0 Å². The van der Waals surface area contributed by atoms with Crippen LogP contribution in [0.4, 0.5) is 5.82 Å². The van der Waals surface area contributed by atoms with Gasteiger partial charge in [-0.25, -0.2) is 4.98 Å². The second kappa shape index (κ2) is 6.84. The van der Waals surface area contributed by atoms with E-state index in [1.165, 1.54) is 4.40 Å². The molecule has 1 amide bonds. The van der Waals surface area contributed by atoms with Crippen LogP contribution in [0.1, 0.15) is 12.8 Å². The highest BCUT2D eigenvalue weighted by molar-refractivity contribution is 5.80. The summed E-state index contributed by atoms with van der Waals surface area (Å²) in [5, 5.41) is 0. The first-order valence-electron chi connectivity index (χ1n) is 8.82. The maximum Gasteiger partial charge on any atom is 0.259 e. The Kier molecular flexibility index (Phi) is 4.40. The Bertz CT molecular complexity index is 828. The summed E-state index contributed by atoms with van der Waals surface area (Å²) in [6.07, 6.45) is 3.53. The molecule has 4 rings (SSSR count). The standard InChI is InChI=1S/C18H22N4O3/c23-17-12-16(19-15-5-1-2-7-22(15)17)21-6-3-4-14(13-21)18(24)20-8-10-25-11-9-20/h1-2,5,7,12,14H,3-4,6,8-11,13H2. The van der Waals surface area contributed by atoms with Gasteiger partial charge < -0.3 is 14.5 Å². The first-order chi connectivity index (χ1) is 12.2. The summed E-state index contributed by atoms with van der Waals surface area (Å²) in [6, 6.07) is 7.07. The summed E-state index contributed by atoms with van der Waals surface area (Å²) >= 11 is 0. The number of amides is 1. The number of aromatic nitrogens is 2. The summed E-state index contributed by atoms with van der Waals surface area (Å²) < 4.78 is 6.86. The fourth-order valence-electron chi connectivity index (χ4n) is 3.63. The lowest BCUT2D eigenvalue weighted by atomic mass is 9.96. The lowest BCUT2D eigenvalue weighted by Crippen LogP contribution is -2.48. The molecule has 0 aromatic carbocycles. The van der Waals surface area contributed by atoms with Gasteiger partial charge in [-0.05, 0) is 25.0 Å². The number of rotatable bonds is 2. The molecular formula is C18H22N4O3. The fraction of sp³-hybridized carbons (Fsp3) is 0.500. The van der Waals surface area contributed by atoms with E-state index in [2.05, 4.69) is 9.88 Å². The van der Waals surface area contributed by atoms with Crippen molar-refractivity contribution in [2.45, 2.75) is 12.8 Å². The van der Waals surface area contributed by atoms with Gasteiger partial charge in [-0.2, -0.15) is 0 Å². The third-order valence-electron chi connectivity index (χ3n) is 4.97. The van der Waals surface area contributed by atoms with E-state index in [9.17, 15) is 9.59 Å². The maximum absolute atomic E-state index is 12.8.